The van der Waals surface area contributed by atoms with Crippen LogP contribution in [0.2, 0.25) is 0 Å². The monoisotopic (exact) mass is 495 g/mol. The minimum Gasteiger partial charge on any atom is -0.361 e. The predicted octanol–water partition coefficient (Wildman–Crippen LogP) is 3.85. The molecule has 2 aromatic carbocycles. The molecule has 0 fully saturated rings. The summed E-state index contributed by atoms with van der Waals surface area (Å²) in [6.07, 6.45) is 7.43. The lowest BCUT2D eigenvalue weighted by molar-refractivity contribution is -0.121. The lowest BCUT2D eigenvalue weighted by Gasteiger charge is -2.08. The van der Waals surface area contributed by atoms with Crippen LogP contribution in [0.15, 0.2) is 60.9 Å². The number of aromatic amines is 2. The molecule has 2 amide bonds. The number of carbonyl (C=O) groups is 2. The Kier molecular flexibility index (Phi) is 10.2. The third kappa shape index (κ3) is 7.60. The molecule has 0 aliphatic heterocycles. The average molecular weight is 496 g/mol. The molecule has 5 N–H and O–H groups in total. The number of rotatable bonds is 13. The van der Waals surface area contributed by atoms with Gasteiger partial charge in [0.1, 0.15) is 0 Å². The van der Waals surface area contributed by atoms with Gasteiger partial charge in [0.25, 0.3) is 0 Å². The molecule has 2 aromatic heterocycles. The smallest absolute Gasteiger partial charge is 0.220 e. The van der Waals surface area contributed by atoms with E-state index in [1.807, 2.05) is 42.7 Å². The highest BCUT2D eigenvalue weighted by Crippen LogP contribution is 2.20. The van der Waals surface area contributed by atoms with E-state index in [9.17, 15) is 9.59 Å². The summed E-state index contributed by atoms with van der Waals surface area (Å²) in [5.41, 5.74) is 4.66. The van der Waals surface area contributed by atoms with Crippen molar-refractivity contribution in [3.8, 4) is 0 Å². The van der Waals surface area contributed by atoms with Crippen molar-refractivity contribution in [3.63, 3.8) is 0 Å². The second-order valence-electron chi connectivity index (χ2n) is 8.52. The zero-order valence-corrected chi connectivity index (χ0v) is 20.7. The van der Waals surface area contributed by atoms with Gasteiger partial charge >= 0.3 is 0 Å². The summed E-state index contributed by atoms with van der Waals surface area (Å²) in [7, 11) is 0. The highest BCUT2D eigenvalue weighted by molar-refractivity contribution is 5.85. The van der Waals surface area contributed by atoms with Crippen LogP contribution >= 0.6 is 12.4 Å². The van der Waals surface area contributed by atoms with Gasteiger partial charge in [0, 0.05) is 73.2 Å². The molecule has 4 aromatic rings. The first-order chi connectivity index (χ1) is 16.7. The molecule has 186 valence electrons. The van der Waals surface area contributed by atoms with E-state index in [0.717, 1.165) is 30.3 Å². The second kappa shape index (κ2) is 13.6. The van der Waals surface area contributed by atoms with Gasteiger partial charge < -0.3 is 25.9 Å². The van der Waals surface area contributed by atoms with E-state index in [2.05, 4.69) is 44.1 Å². The van der Waals surface area contributed by atoms with Crippen LogP contribution in [-0.2, 0) is 22.4 Å². The van der Waals surface area contributed by atoms with Crippen LogP contribution in [0.25, 0.3) is 21.8 Å². The first-order valence-corrected chi connectivity index (χ1v) is 12.0. The number of benzene rings is 2. The van der Waals surface area contributed by atoms with E-state index in [0.29, 0.717) is 39.0 Å². The standard InChI is InChI=1S/C27H33N5O2.ClH/c33-26(11-5-6-20-18-31-24-9-3-1-7-22(20)24)29-16-14-28-15-17-30-27(34)13-12-21-19-32-25-10-4-2-8-23(21)25;/h1-4,7-10,18-19,28,31-32H,5-6,11-17H2,(H,29,33)(H,30,34);1H. The summed E-state index contributed by atoms with van der Waals surface area (Å²) < 4.78 is 0. The summed E-state index contributed by atoms with van der Waals surface area (Å²) in [5.74, 6) is 0.128. The molecular weight excluding hydrogens is 462 g/mol. The minimum absolute atomic E-state index is 0. The van der Waals surface area contributed by atoms with E-state index in [-0.39, 0.29) is 24.2 Å². The van der Waals surface area contributed by atoms with Crippen molar-refractivity contribution in [2.45, 2.75) is 32.1 Å². The van der Waals surface area contributed by atoms with Crippen molar-refractivity contribution in [2.24, 2.45) is 0 Å². The largest absolute Gasteiger partial charge is 0.361 e. The number of amides is 2. The van der Waals surface area contributed by atoms with Crippen LogP contribution in [0.4, 0.5) is 0 Å². The average Bonchev–Trinajstić information content (AvgIpc) is 3.46. The Morgan fingerprint density at radius 3 is 1.77 bits per heavy atom. The van der Waals surface area contributed by atoms with E-state index in [1.165, 1.54) is 21.9 Å². The summed E-state index contributed by atoms with van der Waals surface area (Å²) in [6.45, 7) is 2.51. The van der Waals surface area contributed by atoms with Crippen LogP contribution in [0, 0.1) is 0 Å². The first kappa shape index (κ1) is 26.3. The Labute approximate surface area is 211 Å². The third-order valence-electron chi connectivity index (χ3n) is 6.07. The molecule has 0 atom stereocenters. The van der Waals surface area contributed by atoms with Crippen LogP contribution in [0.3, 0.4) is 0 Å². The molecule has 0 aliphatic rings. The summed E-state index contributed by atoms with van der Waals surface area (Å²) in [6, 6.07) is 16.4. The minimum atomic E-state index is 0. The molecule has 0 aliphatic carbocycles. The Bertz CT molecular complexity index is 1230. The van der Waals surface area contributed by atoms with Crippen molar-refractivity contribution >= 4 is 46.0 Å². The van der Waals surface area contributed by atoms with Gasteiger partial charge in [-0.2, -0.15) is 0 Å². The van der Waals surface area contributed by atoms with Crippen molar-refractivity contribution in [1.29, 1.82) is 0 Å². The molecule has 0 saturated carbocycles. The number of nitrogens with one attached hydrogen (secondary N) is 5. The third-order valence-corrected chi connectivity index (χ3v) is 6.07. The fourth-order valence-corrected chi connectivity index (χ4v) is 4.25. The van der Waals surface area contributed by atoms with Crippen LogP contribution in [0.5, 0.6) is 0 Å². The highest BCUT2D eigenvalue weighted by atomic mass is 35.5. The normalized spacial score (nSPS) is 10.9. The van der Waals surface area contributed by atoms with Crippen molar-refractivity contribution in [2.75, 3.05) is 26.2 Å². The number of carbonyl (C=O) groups excluding carboxylic acids is 2. The van der Waals surface area contributed by atoms with Gasteiger partial charge in [-0.3, -0.25) is 9.59 Å². The molecule has 4 rings (SSSR count). The number of halogens is 1. The van der Waals surface area contributed by atoms with Gasteiger partial charge in [-0.1, -0.05) is 36.4 Å². The summed E-state index contributed by atoms with van der Waals surface area (Å²) >= 11 is 0. The Morgan fingerprint density at radius 1 is 0.657 bits per heavy atom. The molecule has 0 saturated heterocycles. The Balaban J connectivity index is 0.00000342. The Hall–Kier alpha value is -3.29. The number of H-pyrrole nitrogens is 2. The fourth-order valence-electron chi connectivity index (χ4n) is 4.25. The number of hydrogen-bond donors (Lipinski definition) is 5. The molecule has 35 heavy (non-hydrogen) atoms. The lowest BCUT2D eigenvalue weighted by Crippen LogP contribution is -2.36. The lowest BCUT2D eigenvalue weighted by atomic mass is 10.1. The molecule has 7 nitrogen and oxygen atoms in total. The van der Waals surface area contributed by atoms with E-state index in [4.69, 9.17) is 0 Å². The van der Waals surface area contributed by atoms with Crippen LogP contribution < -0.4 is 16.0 Å². The maximum absolute atomic E-state index is 12.1. The number of aromatic nitrogens is 2. The maximum Gasteiger partial charge on any atom is 0.220 e. The molecule has 0 unspecified atom stereocenters. The zero-order valence-electron chi connectivity index (χ0n) is 19.9. The van der Waals surface area contributed by atoms with E-state index in [1.54, 1.807) is 0 Å². The van der Waals surface area contributed by atoms with Crippen molar-refractivity contribution in [1.82, 2.24) is 25.9 Å². The van der Waals surface area contributed by atoms with Crippen LogP contribution in [0.1, 0.15) is 30.4 Å². The summed E-state index contributed by atoms with van der Waals surface area (Å²) in [5, 5.41) is 11.6. The molecule has 2 heterocycles. The van der Waals surface area contributed by atoms with Gasteiger partial charge in [0.15, 0.2) is 0 Å². The summed E-state index contributed by atoms with van der Waals surface area (Å²) in [4.78, 5) is 30.7. The van der Waals surface area contributed by atoms with E-state index >= 15 is 0 Å². The van der Waals surface area contributed by atoms with Crippen LogP contribution in [-0.4, -0.2) is 48.0 Å². The molecule has 8 heteroatoms. The topological polar surface area (TPSA) is 102 Å². The molecular formula is C27H34ClN5O2. The number of hydrogen-bond acceptors (Lipinski definition) is 3. The number of fused-ring (bicyclic) bond motifs is 2. The quantitative estimate of drug-likeness (QED) is 0.182. The number of para-hydroxylation sites is 2. The van der Waals surface area contributed by atoms with Crippen molar-refractivity contribution < 1.29 is 9.59 Å². The van der Waals surface area contributed by atoms with Crippen molar-refractivity contribution in [3.05, 3.63) is 72.1 Å². The van der Waals surface area contributed by atoms with Gasteiger partial charge in [0.05, 0.1) is 0 Å². The number of aryl methyl sites for hydroxylation is 2. The molecule has 0 bridgehead atoms. The molecule has 0 spiro atoms. The van der Waals surface area contributed by atoms with Gasteiger partial charge in [-0.05, 0) is 42.5 Å². The predicted molar refractivity (Wildman–Crippen MR) is 144 cm³/mol. The van der Waals surface area contributed by atoms with Gasteiger partial charge in [-0.15, -0.1) is 12.4 Å². The first-order valence-electron chi connectivity index (χ1n) is 12.0. The second-order valence-corrected chi connectivity index (χ2v) is 8.52. The van der Waals surface area contributed by atoms with Gasteiger partial charge in [0.2, 0.25) is 11.8 Å². The maximum atomic E-state index is 12.1. The highest BCUT2D eigenvalue weighted by Gasteiger charge is 2.07. The SMILES string of the molecule is Cl.O=C(CCCc1c[nH]c2ccccc12)NCCNCCNC(=O)CCc1c[nH]c2ccccc12. The van der Waals surface area contributed by atoms with E-state index < -0.39 is 0 Å². The zero-order chi connectivity index (χ0) is 23.6. The Morgan fingerprint density at radius 2 is 1.17 bits per heavy atom. The van der Waals surface area contributed by atoms with Gasteiger partial charge in [-0.25, -0.2) is 0 Å². The fraction of sp³-hybridized carbons (Fsp3) is 0.333. The molecule has 0 radical (unpaired) electrons.